The number of para-hydroxylation sites is 1. The maximum atomic E-state index is 4.62. The van der Waals surface area contributed by atoms with Gasteiger partial charge in [-0.05, 0) is 24.1 Å². The summed E-state index contributed by atoms with van der Waals surface area (Å²) < 4.78 is 0. The van der Waals surface area contributed by atoms with Gasteiger partial charge >= 0.3 is 0 Å². The van der Waals surface area contributed by atoms with Gasteiger partial charge in [-0.3, -0.25) is 0 Å². The number of fused-ring (bicyclic) bond motifs is 1. The Labute approximate surface area is 130 Å². The molecule has 0 atom stereocenters. The number of nitrogens with one attached hydrogen (secondary N) is 2. The third kappa shape index (κ3) is 3.34. The fraction of sp³-hybridized carbons (Fsp3) is 0.222. The second kappa shape index (κ2) is 6.89. The van der Waals surface area contributed by atoms with Crippen molar-refractivity contribution in [2.75, 3.05) is 17.2 Å². The zero-order valence-corrected chi connectivity index (χ0v) is 12.7. The number of rotatable bonds is 6. The fourth-order valence-electron chi connectivity index (χ4n) is 2.31. The molecule has 0 bridgehead atoms. The van der Waals surface area contributed by atoms with Gasteiger partial charge in [-0.25, -0.2) is 4.98 Å². The minimum absolute atomic E-state index is 0.654. The van der Waals surface area contributed by atoms with E-state index in [1.165, 1.54) is 5.56 Å². The van der Waals surface area contributed by atoms with Gasteiger partial charge < -0.3 is 10.6 Å². The topological polar surface area (TPSA) is 49.8 Å². The highest BCUT2D eigenvalue weighted by atomic mass is 15.1. The van der Waals surface area contributed by atoms with Gasteiger partial charge in [0.15, 0.2) is 0 Å². The molecule has 0 amide bonds. The summed E-state index contributed by atoms with van der Waals surface area (Å²) in [5, 5.41) is 7.75. The summed E-state index contributed by atoms with van der Waals surface area (Å²) in [6.45, 7) is 3.76. The van der Waals surface area contributed by atoms with E-state index in [0.29, 0.717) is 12.5 Å². The van der Waals surface area contributed by atoms with E-state index in [4.69, 9.17) is 0 Å². The number of benzene rings is 2. The SMILES string of the molecule is CCCNc1nc(NCc2ccccc2)nc2ccccc12. The molecule has 1 heterocycles. The molecule has 4 heteroatoms. The third-order valence-electron chi connectivity index (χ3n) is 3.44. The number of hydrogen-bond acceptors (Lipinski definition) is 4. The number of anilines is 2. The van der Waals surface area contributed by atoms with Gasteiger partial charge in [0, 0.05) is 18.5 Å². The van der Waals surface area contributed by atoms with Crippen LogP contribution in [0, 0.1) is 0 Å². The average Bonchev–Trinajstić information content (AvgIpc) is 2.58. The van der Waals surface area contributed by atoms with Gasteiger partial charge in [0.1, 0.15) is 5.82 Å². The van der Waals surface area contributed by atoms with Crippen molar-refractivity contribution in [2.24, 2.45) is 0 Å². The van der Waals surface area contributed by atoms with E-state index in [1.807, 2.05) is 42.5 Å². The monoisotopic (exact) mass is 292 g/mol. The largest absolute Gasteiger partial charge is 0.369 e. The summed E-state index contributed by atoms with van der Waals surface area (Å²) >= 11 is 0. The first-order valence-corrected chi connectivity index (χ1v) is 7.65. The van der Waals surface area contributed by atoms with Crippen LogP contribution in [0.5, 0.6) is 0 Å². The maximum Gasteiger partial charge on any atom is 0.225 e. The second-order valence-electron chi connectivity index (χ2n) is 5.18. The predicted octanol–water partition coefficient (Wildman–Crippen LogP) is 4.06. The predicted molar refractivity (Wildman–Crippen MR) is 92.1 cm³/mol. The van der Waals surface area contributed by atoms with Crippen LogP contribution in [0.2, 0.25) is 0 Å². The van der Waals surface area contributed by atoms with Crippen LogP contribution in [0.25, 0.3) is 10.9 Å². The summed E-state index contributed by atoms with van der Waals surface area (Å²) in [6.07, 6.45) is 1.06. The molecule has 0 unspecified atom stereocenters. The zero-order valence-electron chi connectivity index (χ0n) is 12.7. The van der Waals surface area contributed by atoms with Crippen LogP contribution < -0.4 is 10.6 Å². The molecule has 0 fully saturated rings. The Morgan fingerprint density at radius 2 is 1.64 bits per heavy atom. The molecule has 3 rings (SSSR count). The standard InChI is InChI=1S/C18H20N4/c1-2-12-19-17-15-10-6-7-11-16(15)21-18(22-17)20-13-14-8-4-3-5-9-14/h3-11H,2,12-13H2,1H3,(H2,19,20,21,22). The summed E-state index contributed by atoms with van der Waals surface area (Å²) in [7, 11) is 0. The Balaban J connectivity index is 1.86. The number of aromatic nitrogens is 2. The van der Waals surface area contributed by atoms with Gasteiger partial charge in [-0.1, -0.05) is 49.4 Å². The van der Waals surface area contributed by atoms with E-state index >= 15 is 0 Å². The summed E-state index contributed by atoms with van der Waals surface area (Å²) in [6, 6.07) is 18.3. The lowest BCUT2D eigenvalue weighted by Gasteiger charge is -2.11. The molecule has 1 aromatic heterocycles. The Morgan fingerprint density at radius 1 is 0.864 bits per heavy atom. The van der Waals surface area contributed by atoms with Crippen LogP contribution in [0.1, 0.15) is 18.9 Å². The summed E-state index contributed by atoms with van der Waals surface area (Å²) in [5.74, 6) is 1.55. The molecule has 22 heavy (non-hydrogen) atoms. The Morgan fingerprint density at radius 3 is 2.45 bits per heavy atom. The van der Waals surface area contributed by atoms with Crippen LogP contribution in [0.15, 0.2) is 54.6 Å². The first-order chi connectivity index (χ1) is 10.9. The minimum atomic E-state index is 0.654. The van der Waals surface area contributed by atoms with E-state index in [1.54, 1.807) is 0 Å². The molecule has 0 saturated carbocycles. The molecule has 0 radical (unpaired) electrons. The average molecular weight is 292 g/mol. The van der Waals surface area contributed by atoms with Gasteiger partial charge in [-0.15, -0.1) is 0 Å². The fourth-order valence-corrected chi connectivity index (χ4v) is 2.31. The molecule has 0 aliphatic heterocycles. The van der Waals surface area contributed by atoms with Crippen molar-refractivity contribution >= 4 is 22.7 Å². The van der Waals surface area contributed by atoms with E-state index in [0.717, 1.165) is 29.7 Å². The highest BCUT2D eigenvalue weighted by molar-refractivity contribution is 5.89. The molecule has 3 aromatic rings. The van der Waals surface area contributed by atoms with Crippen molar-refractivity contribution in [1.29, 1.82) is 0 Å². The van der Waals surface area contributed by atoms with E-state index in [-0.39, 0.29) is 0 Å². The highest BCUT2D eigenvalue weighted by Gasteiger charge is 2.06. The first kappa shape index (κ1) is 14.3. The van der Waals surface area contributed by atoms with Crippen LogP contribution in [-0.2, 0) is 6.54 Å². The van der Waals surface area contributed by atoms with Crippen molar-refractivity contribution in [3.63, 3.8) is 0 Å². The molecule has 0 aliphatic carbocycles. The van der Waals surface area contributed by atoms with Crippen LogP contribution in [0.3, 0.4) is 0 Å². The molecule has 2 N–H and O–H groups in total. The van der Waals surface area contributed by atoms with E-state index < -0.39 is 0 Å². The maximum absolute atomic E-state index is 4.62. The van der Waals surface area contributed by atoms with Gasteiger partial charge in [0.2, 0.25) is 5.95 Å². The van der Waals surface area contributed by atoms with Crippen LogP contribution in [-0.4, -0.2) is 16.5 Å². The lowest BCUT2D eigenvalue weighted by molar-refractivity contribution is 0.967. The third-order valence-corrected chi connectivity index (χ3v) is 3.44. The normalized spacial score (nSPS) is 10.6. The quantitative estimate of drug-likeness (QED) is 0.719. The van der Waals surface area contributed by atoms with Crippen molar-refractivity contribution in [1.82, 2.24) is 9.97 Å². The molecule has 2 aromatic carbocycles. The molecule has 0 aliphatic rings. The molecular formula is C18H20N4. The molecule has 0 saturated heterocycles. The zero-order chi connectivity index (χ0) is 15.2. The second-order valence-corrected chi connectivity index (χ2v) is 5.18. The highest BCUT2D eigenvalue weighted by Crippen LogP contribution is 2.22. The van der Waals surface area contributed by atoms with Gasteiger partial charge in [0.25, 0.3) is 0 Å². The lowest BCUT2D eigenvalue weighted by atomic mass is 10.2. The van der Waals surface area contributed by atoms with Crippen molar-refractivity contribution in [3.05, 3.63) is 60.2 Å². The van der Waals surface area contributed by atoms with Crippen LogP contribution >= 0.6 is 0 Å². The lowest BCUT2D eigenvalue weighted by Crippen LogP contribution is -2.08. The van der Waals surface area contributed by atoms with Crippen molar-refractivity contribution in [2.45, 2.75) is 19.9 Å². The van der Waals surface area contributed by atoms with E-state index in [2.05, 4.69) is 39.7 Å². The smallest absolute Gasteiger partial charge is 0.225 e. The van der Waals surface area contributed by atoms with Crippen LogP contribution in [0.4, 0.5) is 11.8 Å². The molecular weight excluding hydrogens is 272 g/mol. The summed E-state index contributed by atoms with van der Waals surface area (Å²) in [4.78, 5) is 9.22. The van der Waals surface area contributed by atoms with Crippen molar-refractivity contribution in [3.8, 4) is 0 Å². The minimum Gasteiger partial charge on any atom is -0.369 e. The Hall–Kier alpha value is -2.62. The van der Waals surface area contributed by atoms with Gasteiger partial charge in [0.05, 0.1) is 5.52 Å². The Kier molecular flexibility index (Phi) is 4.49. The molecule has 0 spiro atoms. The first-order valence-electron chi connectivity index (χ1n) is 7.65. The number of nitrogens with zero attached hydrogens (tertiary/aromatic N) is 2. The summed E-state index contributed by atoms with van der Waals surface area (Å²) in [5.41, 5.74) is 2.16. The molecule has 112 valence electrons. The van der Waals surface area contributed by atoms with Gasteiger partial charge in [-0.2, -0.15) is 4.98 Å². The van der Waals surface area contributed by atoms with Crippen molar-refractivity contribution < 1.29 is 0 Å². The number of hydrogen-bond donors (Lipinski definition) is 2. The Bertz CT molecular complexity index is 740. The molecule has 4 nitrogen and oxygen atoms in total. The van der Waals surface area contributed by atoms with E-state index in [9.17, 15) is 0 Å².